The Morgan fingerprint density at radius 2 is 2.27 bits per heavy atom. The second-order valence-electron chi connectivity index (χ2n) is 4.46. The molecule has 0 aliphatic rings. The summed E-state index contributed by atoms with van der Waals surface area (Å²) in [5, 5.41) is 15.8. The van der Waals surface area contributed by atoms with Crippen LogP contribution in [0.2, 0.25) is 5.02 Å². The largest absolute Gasteiger partial charge is 0.262 e. The number of benzene rings is 1. The lowest BCUT2D eigenvalue weighted by atomic mass is 10.3. The van der Waals surface area contributed by atoms with E-state index in [4.69, 9.17) is 11.6 Å². The molecule has 0 amide bonds. The van der Waals surface area contributed by atoms with Crippen LogP contribution >= 0.6 is 23.4 Å². The highest BCUT2D eigenvalue weighted by Crippen LogP contribution is 2.20. The predicted octanol–water partition coefficient (Wildman–Crippen LogP) is 3.03. The summed E-state index contributed by atoms with van der Waals surface area (Å²) in [6.07, 6.45) is 2.58. The molecule has 0 spiro atoms. The van der Waals surface area contributed by atoms with Gasteiger partial charge in [0.25, 0.3) is 0 Å². The normalized spacial score (nSPS) is 11.0. The van der Waals surface area contributed by atoms with Gasteiger partial charge in [0.15, 0.2) is 0 Å². The summed E-state index contributed by atoms with van der Waals surface area (Å²) in [5.74, 6) is 0.986. The van der Waals surface area contributed by atoms with Crippen LogP contribution in [0, 0.1) is 5.82 Å². The number of H-pyrrole nitrogens is 1. The molecule has 3 aromatic rings. The third-order valence-corrected chi connectivity index (χ3v) is 4.07. The molecule has 2 heterocycles. The molecule has 9 heteroatoms. The SMILES string of the molecule is CCc1nc(SCc2cn(-c3ccc(F)c(Cl)c3)nn2)n[nH]1. The Morgan fingerprint density at radius 3 is 3.00 bits per heavy atom. The molecule has 0 fully saturated rings. The van der Waals surface area contributed by atoms with Crippen molar-refractivity contribution >= 4 is 23.4 Å². The van der Waals surface area contributed by atoms with Crippen LogP contribution in [0.25, 0.3) is 5.69 Å². The number of aromatic nitrogens is 6. The molecule has 0 atom stereocenters. The van der Waals surface area contributed by atoms with Gasteiger partial charge in [0, 0.05) is 12.2 Å². The molecule has 22 heavy (non-hydrogen) atoms. The van der Waals surface area contributed by atoms with Crippen LogP contribution in [0.15, 0.2) is 29.6 Å². The smallest absolute Gasteiger partial charge is 0.208 e. The molecular formula is C13H12ClFN6S. The first-order valence-corrected chi connectivity index (χ1v) is 7.93. The van der Waals surface area contributed by atoms with Crippen molar-refractivity contribution in [3.05, 3.63) is 46.8 Å². The summed E-state index contributed by atoms with van der Waals surface area (Å²) < 4.78 is 14.7. The first kappa shape index (κ1) is 15.0. The average molecular weight is 339 g/mol. The van der Waals surface area contributed by atoms with E-state index in [-0.39, 0.29) is 5.02 Å². The molecule has 0 aliphatic carbocycles. The fourth-order valence-electron chi connectivity index (χ4n) is 1.76. The minimum absolute atomic E-state index is 0.0525. The maximum atomic E-state index is 13.2. The molecule has 0 radical (unpaired) electrons. The Labute approximate surface area is 135 Å². The Balaban J connectivity index is 1.69. The minimum Gasteiger partial charge on any atom is -0.262 e. The second kappa shape index (κ2) is 6.45. The quantitative estimate of drug-likeness (QED) is 0.724. The first-order valence-electron chi connectivity index (χ1n) is 6.56. The van der Waals surface area contributed by atoms with Gasteiger partial charge in [-0.1, -0.05) is 35.5 Å². The van der Waals surface area contributed by atoms with Crippen molar-refractivity contribution < 1.29 is 4.39 Å². The summed E-state index contributed by atoms with van der Waals surface area (Å²) in [6.45, 7) is 2.01. The highest BCUT2D eigenvalue weighted by atomic mass is 35.5. The van der Waals surface area contributed by atoms with E-state index in [1.54, 1.807) is 16.9 Å². The number of nitrogens with one attached hydrogen (secondary N) is 1. The molecule has 0 saturated heterocycles. The lowest BCUT2D eigenvalue weighted by molar-refractivity contribution is 0.627. The van der Waals surface area contributed by atoms with E-state index in [1.807, 2.05) is 6.92 Å². The Bertz CT molecular complexity index is 786. The molecule has 1 aromatic carbocycles. The molecule has 0 unspecified atom stereocenters. The second-order valence-corrected chi connectivity index (χ2v) is 5.81. The van der Waals surface area contributed by atoms with E-state index in [9.17, 15) is 4.39 Å². The van der Waals surface area contributed by atoms with Crippen molar-refractivity contribution in [3.63, 3.8) is 0 Å². The summed E-state index contributed by atoms with van der Waals surface area (Å²) in [4.78, 5) is 4.31. The molecule has 6 nitrogen and oxygen atoms in total. The first-order chi connectivity index (χ1) is 10.7. The highest BCUT2D eigenvalue weighted by Gasteiger charge is 2.08. The van der Waals surface area contributed by atoms with Crippen LogP contribution < -0.4 is 0 Å². The number of aryl methyl sites for hydroxylation is 1. The van der Waals surface area contributed by atoms with Gasteiger partial charge in [-0.05, 0) is 18.2 Å². The van der Waals surface area contributed by atoms with E-state index < -0.39 is 5.82 Å². The van der Waals surface area contributed by atoms with Gasteiger partial charge in [0.05, 0.1) is 22.6 Å². The fraction of sp³-hybridized carbons (Fsp3) is 0.231. The van der Waals surface area contributed by atoms with Crippen molar-refractivity contribution in [2.45, 2.75) is 24.3 Å². The topological polar surface area (TPSA) is 72.3 Å². The summed E-state index contributed by atoms with van der Waals surface area (Å²) in [5.41, 5.74) is 1.43. The number of hydrogen-bond acceptors (Lipinski definition) is 5. The molecule has 0 bridgehead atoms. The van der Waals surface area contributed by atoms with Crippen LogP contribution in [0.4, 0.5) is 4.39 Å². The number of nitrogens with zero attached hydrogens (tertiary/aromatic N) is 5. The molecular weight excluding hydrogens is 327 g/mol. The van der Waals surface area contributed by atoms with Gasteiger partial charge in [-0.3, -0.25) is 5.10 Å². The lowest BCUT2D eigenvalue weighted by Crippen LogP contribution is -1.95. The van der Waals surface area contributed by atoms with E-state index in [2.05, 4.69) is 25.5 Å². The summed E-state index contributed by atoms with van der Waals surface area (Å²) in [6, 6.07) is 4.40. The maximum Gasteiger partial charge on any atom is 0.208 e. The van der Waals surface area contributed by atoms with E-state index >= 15 is 0 Å². The number of thioether (sulfide) groups is 1. The number of halogens is 2. The van der Waals surface area contributed by atoms with Crippen molar-refractivity contribution in [2.24, 2.45) is 0 Å². The van der Waals surface area contributed by atoms with E-state index in [0.29, 0.717) is 16.6 Å². The standard InChI is InChI=1S/C13H12ClFN6S/c1-2-12-16-13(19-18-12)22-7-8-6-21(20-17-8)9-3-4-11(15)10(14)5-9/h3-6H,2,7H2,1H3,(H,16,18,19). The Morgan fingerprint density at radius 1 is 1.41 bits per heavy atom. The van der Waals surface area contributed by atoms with Gasteiger partial charge < -0.3 is 0 Å². The van der Waals surface area contributed by atoms with Crippen LogP contribution in [0.1, 0.15) is 18.4 Å². The number of hydrogen-bond donors (Lipinski definition) is 1. The Kier molecular flexibility index (Phi) is 4.39. The van der Waals surface area contributed by atoms with Crippen molar-refractivity contribution in [1.82, 2.24) is 30.2 Å². The zero-order chi connectivity index (χ0) is 15.5. The number of aromatic amines is 1. The van der Waals surface area contributed by atoms with Gasteiger partial charge in [0.2, 0.25) is 5.16 Å². The van der Waals surface area contributed by atoms with Crippen LogP contribution in [-0.4, -0.2) is 30.2 Å². The highest BCUT2D eigenvalue weighted by molar-refractivity contribution is 7.98. The third kappa shape index (κ3) is 3.28. The Hall–Kier alpha value is -1.93. The summed E-state index contributed by atoms with van der Waals surface area (Å²) >= 11 is 7.24. The molecule has 2 aromatic heterocycles. The fourth-order valence-corrected chi connectivity index (χ4v) is 2.63. The van der Waals surface area contributed by atoms with Gasteiger partial charge in [-0.2, -0.15) is 0 Å². The zero-order valence-corrected chi connectivity index (χ0v) is 13.2. The van der Waals surface area contributed by atoms with Crippen molar-refractivity contribution in [1.29, 1.82) is 0 Å². The monoisotopic (exact) mass is 338 g/mol. The predicted molar refractivity (Wildman–Crippen MR) is 81.6 cm³/mol. The third-order valence-electron chi connectivity index (χ3n) is 2.90. The molecule has 0 aliphatic heterocycles. The lowest BCUT2D eigenvalue weighted by Gasteiger charge is -2.00. The van der Waals surface area contributed by atoms with Gasteiger partial charge in [0.1, 0.15) is 11.6 Å². The van der Waals surface area contributed by atoms with Crippen LogP contribution in [0.5, 0.6) is 0 Å². The van der Waals surface area contributed by atoms with Crippen molar-refractivity contribution in [3.8, 4) is 5.69 Å². The maximum absolute atomic E-state index is 13.2. The van der Waals surface area contributed by atoms with Crippen LogP contribution in [0.3, 0.4) is 0 Å². The molecule has 114 valence electrons. The molecule has 1 N–H and O–H groups in total. The summed E-state index contributed by atoms with van der Waals surface area (Å²) in [7, 11) is 0. The van der Waals surface area contributed by atoms with Gasteiger partial charge >= 0.3 is 0 Å². The molecule has 0 saturated carbocycles. The minimum atomic E-state index is -0.461. The zero-order valence-electron chi connectivity index (χ0n) is 11.6. The van der Waals surface area contributed by atoms with Crippen LogP contribution in [-0.2, 0) is 12.2 Å². The van der Waals surface area contributed by atoms with Gasteiger partial charge in [-0.15, -0.1) is 10.2 Å². The van der Waals surface area contributed by atoms with Gasteiger partial charge in [-0.25, -0.2) is 14.1 Å². The number of rotatable bonds is 5. The van der Waals surface area contributed by atoms with E-state index in [0.717, 1.165) is 17.9 Å². The van der Waals surface area contributed by atoms with Crippen molar-refractivity contribution in [2.75, 3.05) is 0 Å². The molecule has 3 rings (SSSR count). The average Bonchev–Trinajstić information content (AvgIpc) is 3.16. The van der Waals surface area contributed by atoms with E-state index in [1.165, 1.54) is 23.9 Å².